The zero-order valence-corrected chi connectivity index (χ0v) is 10.5. The zero-order valence-electron chi connectivity index (χ0n) is 8.89. The monoisotopic (exact) mass is 292 g/mol. The summed E-state index contributed by atoms with van der Waals surface area (Å²) in [5, 5.41) is 0. The summed E-state index contributed by atoms with van der Waals surface area (Å²) in [7, 11) is 0. The number of esters is 1. The molecule has 0 heterocycles. The maximum atomic E-state index is 12.8. The van der Waals surface area contributed by atoms with E-state index >= 15 is 0 Å². The van der Waals surface area contributed by atoms with Crippen LogP contribution in [0.2, 0.25) is 0 Å². The first kappa shape index (κ1) is 13.1. The maximum Gasteiger partial charge on any atom is 0.338 e. The van der Waals surface area contributed by atoms with Crippen molar-refractivity contribution in [3.8, 4) is 0 Å². The van der Waals surface area contributed by atoms with Crippen LogP contribution in [0.3, 0.4) is 0 Å². The quantitative estimate of drug-likeness (QED) is 0.791. The second-order valence-corrected chi connectivity index (χ2v) is 4.12. The molecule has 0 aliphatic rings. The number of alkyl halides is 2. The summed E-state index contributed by atoms with van der Waals surface area (Å²) in [4.78, 5) is 11.5. The van der Waals surface area contributed by atoms with E-state index in [0.29, 0.717) is 10.0 Å². The SMILES string of the molecule is CCOC(=O)c1c(C)cc(Br)cc1C(F)F. The van der Waals surface area contributed by atoms with Gasteiger partial charge in [0.2, 0.25) is 0 Å². The molecular weight excluding hydrogens is 282 g/mol. The highest BCUT2D eigenvalue weighted by Gasteiger charge is 2.22. The van der Waals surface area contributed by atoms with Crippen molar-refractivity contribution < 1.29 is 18.3 Å². The lowest BCUT2D eigenvalue weighted by Crippen LogP contribution is -2.10. The minimum Gasteiger partial charge on any atom is -0.462 e. The summed E-state index contributed by atoms with van der Waals surface area (Å²) >= 11 is 3.12. The Balaban J connectivity index is 3.29. The first-order valence-corrected chi connectivity index (χ1v) is 5.52. The standard InChI is InChI=1S/C11H11BrF2O2/c1-3-16-11(15)9-6(2)4-7(12)5-8(9)10(13)14/h4-5,10H,3H2,1-2H3. The minimum atomic E-state index is -2.70. The molecule has 0 saturated heterocycles. The Morgan fingerprint density at radius 3 is 2.62 bits per heavy atom. The summed E-state index contributed by atoms with van der Waals surface area (Å²) in [6.07, 6.45) is -2.70. The highest BCUT2D eigenvalue weighted by molar-refractivity contribution is 9.10. The van der Waals surface area contributed by atoms with Gasteiger partial charge < -0.3 is 4.74 Å². The molecule has 0 saturated carbocycles. The molecule has 0 spiro atoms. The van der Waals surface area contributed by atoms with Gasteiger partial charge >= 0.3 is 5.97 Å². The van der Waals surface area contributed by atoms with E-state index in [4.69, 9.17) is 4.74 Å². The highest BCUT2D eigenvalue weighted by Crippen LogP contribution is 2.29. The van der Waals surface area contributed by atoms with Crippen molar-refractivity contribution >= 4 is 21.9 Å². The molecule has 0 atom stereocenters. The second kappa shape index (κ2) is 5.39. The fourth-order valence-corrected chi connectivity index (χ4v) is 2.01. The van der Waals surface area contributed by atoms with E-state index in [-0.39, 0.29) is 17.7 Å². The van der Waals surface area contributed by atoms with Gasteiger partial charge in [0.1, 0.15) is 0 Å². The minimum absolute atomic E-state index is 0.0416. The van der Waals surface area contributed by atoms with Crippen LogP contribution < -0.4 is 0 Å². The predicted molar refractivity (Wildman–Crippen MR) is 59.8 cm³/mol. The molecule has 0 aromatic heterocycles. The van der Waals surface area contributed by atoms with E-state index < -0.39 is 12.4 Å². The number of aryl methyl sites for hydroxylation is 1. The third kappa shape index (κ3) is 2.78. The molecule has 1 aromatic carbocycles. The summed E-state index contributed by atoms with van der Waals surface area (Å²) < 4.78 is 30.8. The van der Waals surface area contributed by atoms with Gasteiger partial charge in [-0.1, -0.05) is 15.9 Å². The largest absolute Gasteiger partial charge is 0.462 e. The Kier molecular flexibility index (Phi) is 4.41. The first-order valence-electron chi connectivity index (χ1n) is 4.72. The predicted octanol–water partition coefficient (Wildman–Crippen LogP) is 3.87. The maximum absolute atomic E-state index is 12.8. The molecule has 0 bridgehead atoms. The third-order valence-corrected chi connectivity index (χ3v) is 2.50. The van der Waals surface area contributed by atoms with Crippen LogP contribution in [0.25, 0.3) is 0 Å². The van der Waals surface area contributed by atoms with Crippen LogP contribution in [0.15, 0.2) is 16.6 Å². The molecule has 0 amide bonds. The Morgan fingerprint density at radius 1 is 1.50 bits per heavy atom. The van der Waals surface area contributed by atoms with Crippen molar-refractivity contribution in [2.75, 3.05) is 6.61 Å². The molecule has 0 radical (unpaired) electrons. The topological polar surface area (TPSA) is 26.3 Å². The number of ether oxygens (including phenoxy) is 1. The van der Waals surface area contributed by atoms with Gasteiger partial charge in [0.15, 0.2) is 0 Å². The van der Waals surface area contributed by atoms with Crippen LogP contribution in [0.1, 0.15) is 34.8 Å². The summed E-state index contributed by atoms with van der Waals surface area (Å²) in [5.41, 5.74) is 0.133. The van der Waals surface area contributed by atoms with Crippen LogP contribution in [-0.4, -0.2) is 12.6 Å². The van der Waals surface area contributed by atoms with Crippen LogP contribution in [0.4, 0.5) is 8.78 Å². The molecule has 0 N–H and O–H groups in total. The van der Waals surface area contributed by atoms with E-state index in [0.717, 1.165) is 0 Å². The lowest BCUT2D eigenvalue weighted by Gasteiger charge is -2.11. The molecule has 2 nitrogen and oxygen atoms in total. The molecule has 1 rings (SSSR count). The van der Waals surface area contributed by atoms with E-state index in [9.17, 15) is 13.6 Å². The molecule has 0 unspecified atom stereocenters. The van der Waals surface area contributed by atoms with E-state index in [1.807, 2.05) is 0 Å². The molecular formula is C11H11BrF2O2. The van der Waals surface area contributed by atoms with Crippen LogP contribution in [0.5, 0.6) is 0 Å². The molecule has 1 aromatic rings. The van der Waals surface area contributed by atoms with Gasteiger partial charge in [-0.15, -0.1) is 0 Å². The Labute approximate surface area is 101 Å². The summed E-state index contributed by atoms with van der Waals surface area (Å²) in [6, 6.07) is 2.85. The van der Waals surface area contributed by atoms with E-state index in [1.165, 1.54) is 6.07 Å². The Hall–Kier alpha value is -0.970. The average molecular weight is 293 g/mol. The number of hydrogen-bond acceptors (Lipinski definition) is 2. The van der Waals surface area contributed by atoms with Crippen LogP contribution >= 0.6 is 15.9 Å². The lowest BCUT2D eigenvalue weighted by atomic mass is 10.0. The smallest absolute Gasteiger partial charge is 0.338 e. The number of benzene rings is 1. The van der Waals surface area contributed by atoms with Crippen molar-refractivity contribution in [1.29, 1.82) is 0 Å². The van der Waals surface area contributed by atoms with Crippen molar-refractivity contribution in [2.24, 2.45) is 0 Å². The van der Waals surface area contributed by atoms with Crippen molar-refractivity contribution in [3.63, 3.8) is 0 Å². The van der Waals surface area contributed by atoms with Crippen LogP contribution in [-0.2, 0) is 4.74 Å². The average Bonchev–Trinajstić information content (AvgIpc) is 2.16. The Morgan fingerprint density at radius 2 is 2.12 bits per heavy atom. The molecule has 16 heavy (non-hydrogen) atoms. The van der Waals surface area contributed by atoms with Gasteiger partial charge in [-0.2, -0.15) is 0 Å². The number of carbonyl (C=O) groups is 1. The van der Waals surface area contributed by atoms with Crippen molar-refractivity contribution in [2.45, 2.75) is 20.3 Å². The molecule has 0 aliphatic heterocycles. The second-order valence-electron chi connectivity index (χ2n) is 3.21. The Bertz CT molecular complexity index is 405. The van der Waals surface area contributed by atoms with Gasteiger partial charge in [0.05, 0.1) is 12.2 Å². The third-order valence-electron chi connectivity index (χ3n) is 2.05. The van der Waals surface area contributed by atoms with Gasteiger partial charge in [0, 0.05) is 10.0 Å². The van der Waals surface area contributed by atoms with Crippen molar-refractivity contribution in [1.82, 2.24) is 0 Å². The van der Waals surface area contributed by atoms with Gasteiger partial charge in [-0.05, 0) is 31.5 Å². The number of rotatable bonds is 3. The van der Waals surface area contributed by atoms with Gasteiger partial charge in [-0.3, -0.25) is 0 Å². The normalized spacial score (nSPS) is 10.6. The number of carbonyl (C=O) groups excluding carboxylic acids is 1. The van der Waals surface area contributed by atoms with E-state index in [2.05, 4.69) is 15.9 Å². The highest BCUT2D eigenvalue weighted by atomic mass is 79.9. The number of hydrogen-bond donors (Lipinski definition) is 0. The number of halogens is 3. The summed E-state index contributed by atoms with van der Waals surface area (Å²) in [5.74, 6) is -0.706. The van der Waals surface area contributed by atoms with Crippen LogP contribution in [0, 0.1) is 6.92 Å². The zero-order chi connectivity index (χ0) is 12.3. The molecule has 0 fully saturated rings. The first-order chi connectivity index (χ1) is 7.47. The van der Waals surface area contributed by atoms with Gasteiger partial charge in [-0.25, -0.2) is 13.6 Å². The summed E-state index contributed by atoms with van der Waals surface area (Å²) in [6.45, 7) is 3.40. The lowest BCUT2D eigenvalue weighted by molar-refractivity contribution is 0.0514. The van der Waals surface area contributed by atoms with E-state index in [1.54, 1.807) is 19.9 Å². The molecule has 5 heteroatoms. The van der Waals surface area contributed by atoms with Gasteiger partial charge in [0.25, 0.3) is 6.43 Å². The molecule has 0 aliphatic carbocycles. The van der Waals surface area contributed by atoms with Crippen molar-refractivity contribution in [3.05, 3.63) is 33.3 Å². The fraction of sp³-hybridized carbons (Fsp3) is 0.364. The fourth-order valence-electron chi connectivity index (χ4n) is 1.42. The molecule has 88 valence electrons.